The Bertz CT molecular complexity index is 514. The molecule has 7 heteroatoms. The number of halogens is 2. The molecule has 0 saturated carbocycles. The Labute approximate surface area is 163 Å². The Hall–Kier alpha value is -1.04. The molecule has 1 aromatic heterocycles. The third-order valence-electron chi connectivity index (χ3n) is 5.16. The van der Waals surface area contributed by atoms with Crippen LogP contribution in [0.15, 0.2) is 18.3 Å². The zero-order valence-corrected chi connectivity index (χ0v) is 16.5. The maximum atomic E-state index is 12.2. The Balaban J connectivity index is 0.00000156. The monoisotopic (exact) mass is 388 g/mol. The van der Waals surface area contributed by atoms with E-state index in [1.54, 1.807) is 6.20 Å². The number of aromatic nitrogens is 1. The summed E-state index contributed by atoms with van der Waals surface area (Å²) in [7, 11) is 0. The van der Waals surface area contributed by atoms with Crippen molar-refractivity contribution in [2.45, 2.75) is 39.0 Å². The maximum Gasteiger partial charge on any atom is 0.224 e. The SMILES string of the molecule is CC(CC(=O)Nc1ccc(N2CCCC2)nc1)C1CCNCC1.Cl.Cl. The van der Waals surface area contributed by atoms with Gasteiger partial charge in [-0.2, -0.15) is 0 Å². The highest BCUT2D eigenvalue weighted by atomic mass is 35.5. The molecule has 2 aliphatic heterocycles. The van der Waals surface area contributed by atoms with Crippen LogP contribution in [-0.2, 0) is 4.79 Å². The molecule has 1 amide bonds. The van der Waals surface area contributed by atoms with Gasteiger partial charge in [0.2, 0.25) is 5.91 Å². The van der Waals surface area contributed by atoms with Crippen LogP contribution in [0.5, 0.6) is 0 Å². The van der Waals surface area contributed by atoms with Gasteiger partial charge < -0.3 is 15.5 Å². The fourth-order valence-electron chi connectivity index (χ4n) is 3.68. The lowest BCUT2D eigenvalue weighted by Crippen LogP contribution is -2.32. The number of rotatable bonds is 5. The number of pyridine rings is 1. The second kappa shape index (κ2) is 10.8. The predicted octanol–water partition coefficient (Wildman–Crippen LogP) is 3.49. The van der Waals surface area contributed by atoms with Crippen molar-refractivity contribution < 1.29 is 4.79 Å². The fourth-order valence-corrected chi connectivity index (χ4v) is 3.68. The zero-order valence-electron chi connectivity index (χ0n) is 14.9. The van der Waals surface area contributed by atoms with Crippen molar-refractivity contribution in [2.24, 2.45) is 11.8 Å². The van der Waals surface area contributed by atoms with Crippen LogP contribution in [0.2, 0.25) is 0 Å². The molecule has 0 radical (unpaired) electrons. The summed E-state index contributed by atoms with van der Waals surface area (Å²) in [6, 6.07) is 3.98. The Kier molecular flexibility index (Phi) is 9.54. The van der Waals surface area contributed by atoms with Crippen molar-refractivity contribution in [3.8, 4) is 0 Å². The van der Waals surface area contributed by atoms with Gasteiger partial charge in [0.15, 0.2) is 0 Å². The first-order valence-electron chi connectivity index (χ1n) is 8.94. The molecule has 2 saturated heterocycles. The van der Waals surface area contributed by atoms with E-state index in [0.717, 1.165) is 37.7 Å². The summed E-state index contributed by atoms with van der Waals surface area (Å²) in [4.78, 5) is 19.0. The first kappa shape index (κ1) is 22.0. The number of anilines is 2. The minimum Gasteiger partial charge on any atom is -0.357 e. The largest absolute Gasteiger partial charge is 0.357 e. The van der Waals surface area contributed by atoms with Crippen LogP contribution in [0.25, 0.3) is 0 Å². The van der Waals surface area contributed by atoms with Crippen molar-refractivity contribution in [1.29, 1.82) is 0 Å². The fraction of sp³-hybridized carbons (Fsp3) is 0.667. The van der Waals surface area contributed by atoms with E-state index in [1.807, 2.05) is 12.1 Å². The smallest absolute Gasteiger partial charge is 0.224 e. The van der Waals surface area contributed by atoms with Crippen molar-refractivity contribution >= 4 is 42.2 Å². The first-order valence-corrected chi connectivity index (χ1v) is 8.94. The molecular weight excluding hydrogens is 359 g/mol. The number of carbonyl (C=O) groups is 1. The average molecular weight is 389 g/mol. The van der Waals surface area contributed by atoms with Gasteiger partial charge in [-0.1, -0.05) is 6.92 Å². The van der Waals surface area contributed by atoms with Crippen LogP contribution in [0.1, 0.15) is 39.0 Å². The number of piperidine rings is 1. The highest BCUT2D eigenvalue weighted by molar-refractivity contribution is 5.90. The highest BCUT2D eigenvalue weighted by Gasteiger charge is 2.22. The molecule has 25 heavy (non-hydrogen) atoms. The van der Waals surface area contributed by atoms with Gasteiger partial charge in [-0.3, -0.25) is 4.79 Å². The summed E-state index contributed by atoms with van der Waals surface area (Å²) in [5.41, 5.74) is 0.801. The quantitative estimate of drug-likeness (QED) is 0.810. The molecular formula is C18H30Cl2N4O. The Morgan fingerprint density at radius 3 is 2.56 bits per heavy atom. The second-order valence-corrected chi connectivity index (χ2v) is 6.92. The maximum absolute atomic E-state index is 12.2. The van der Waals surface area contributed by atoms with Crippen molar-refractivity contribution in [3.05, 3.63) is 18.3 Å². The van der Waals surface area contributed by atoms with Gasteiger partial charge >= 0.3 is 0 Å². The van der Waals surface area contributed by atoms with Crippen LogP contribution < -0.4 is 15.5 Å². The first-order chi connectivity index (χ1) is 11.2. The van der Waals surface area contributed by atoms with Crippen LogP contribution >= 0.6 is 24.8 Å². The molecule has 5 nitrogen and oxygen atoms in total. The molecule has 1 unspecified atom stereocenters. The summed E-state index contributed by atoms with van der Waals surface area (Å²) < 4.78 is 0. The summed E-state index contributed by atoms with van der Waals surface area (Å²) in [5, 5.41) is 6.37. The van der Waals surface area contributed by atoms with Gasteiger partial charge in [0, 0.05) is 19.5 Å². The number of carbonyl (C=O) groups excluding carboxylic acids is 1. The van der Waals surface area contributed by atoms with Gasteiger partial charge in [-0.25, -0.2) is 4.98 Å². The highest BCUT2D eigenvalue weighted by Crippen LogP contribution is 2.25. The van der Waals surface area contributed by atoms with E-state index in [9.17, 15) is 4.79 Å². The number of hydrogen-bond donors (Lipinski definition) is 2. The number of nitrogens with one attached hydrogen (secondary N) is 2. The number of hydrogen-bond acceptors (Lipinski definition) is 4. The van der Waals surface area contributed by atoms with Crippen LogP contribution in [0, 0.1) is 11.8 Å². The van der Waals surface area contributed by atoms with Gasteiger partial charge in [-0.05, 0) is 62.7 Å². The van der Waals surface area contributed by atoms with Gasteiger partial charge in [0.1, 0.15) is 5.82 Å². The zero-order chi connectivity index (χ0) is 16.1. The average Bonchev–Trinajstić information content (AvgIpc) is 3.11. The molecule has 0 aliphatic carbocycles. The molecule has 2 fully saturated rings. The van der Waals surface area contributed by atoms with E-state index in [0.29, 0.717) is 18.3 Å². The molecule has 142 valence electrons. The van der Waals surface area contributed by atoms with E-state index in [1.165, 1.54) is 25.7 Å². The topological polar surface area (TPSA) is 57.3 Å². The molecule has 3 rings (SSSR count). The second-order valence-electron chi connectivity index (χ2n) is 6.92. The summed E-state index contributed by atoms with van der Waals surface area (Å²) >= 11 is 0. The lowest BCUT2D eigenvalue weighted by atomic mass is 9.84. The van der Waals surface area contributed by atoms with E-state index >= 15 is 0 Å². The van der Waals surface area contributed by atoms with Gasteiger partial charge in [0.05, 0.1) is 11.9 Å². The predicted molar refractivity (Wildman–Crippen MR) is 108 cm³/mol. The molecule has 0 aromatic carbocycles. The van der Waals surface area contributed by atoms with Gasteiger partial charge in [0.25, 0.3) is 0 Å². The lowest BCUT2D eigenvalue weighted by Gasteiger charge is -2.27. The molecule has 1 atom stereocenters. The minimum atomic E-state index is 0. The Morgan fingerprint density at radius 1 is 1.28 bits per heavy atom. The van der Waals surface area contributed by atoms with E-state index in [2.05, 4.69) is 27.4 Å². The lowest BCUT2D eigenvalue weighted by molar-refractivity contribution is -0.117. The molecule has 0 bridgehead atoms. The molecule has 2 N–H and O–H groups in total. The summed E-state index contributed by atoms with van der Waals surface area (Å²) in [6.07, 6.45) is 7.23. The summed E-state index contributed by atoms with van der Waals surface area (Å²) in [5.74, 6) is 2.22. The van der Waals surface area contributed by atoms with Crippen molar-refractivity contribution in [1.82, 2.24) is 10.3 Å². The molecule has 0 spiro atoms. The third kappa shape index (κ3) is 6.32. The Morgan fingerprint density at radius 2 is 1.96 bits per heavy atom. The third-order valence-corrected chi connectivity index (χ3v) is 5.16. The van der Waals surface area contributed by atoms with Crippen LogP contribution in [0.3, 0.4) is 0 Å². The number of amides is 1. The van der Waals surface area contributed by atoms with Crippen LogP contribution in [0.4, 0.5) is 11.5 Å². The standard InChI is InChI=1S/C18H28N4O.2ClH/c1-14(15-6-8-19-9-7-15)12-18(23)21-16-4-5-17(20-13-16)22-10-2-3-11-22;;/h4-5,13-15,19H,2-3,6-12H2,1H3,(H,21,23);2*1H. The normalized spacial score (nSPS) is 18.8. The molecule has 2 aliphatic rings. The number of nitrogens with zero attached hydrogens (tertiary/aromatic N) is 2. The minimum absolute atomic E-state index is 0. The molecule has 3 heterocycles. The van der Waals surface area contributed by atoms with Gasteiger partial charge in [-0.15, -0.1) is 24.8 Å². The van der Waals surface area contributed by atoms with Crippen molar-refractivity contribution in [3.63, 3.8) is 0 Å². The van der Waals surface area contributed by atoms with E-state index in [4.69, 9.17) is 0 Å². The van der Waals surface area contributed by atoms with Crippen molar-refractivity contribution in [2.75, 3.05) is 36.4 Å². The van der Waals surface area contributed by atoms with Crippen LogP contribution in [-0.4, -0.2) is 37.1 Å². The summed E-state index contributed by atoms with van der Waals surface area (Å²) in [6.45, 7) is 6.54. The van der Waals surface area contributed by atoms with E-state index < -0.39 is 0 Å². The molecule has 1 aromatic rings. The van der Waals surface area contributed by atoms with E-state index in [-0.39, 0.29) is 30.7 Å².